The Bertz CT molecular complexity index is 730. The van der Waals surface area contributed by atoms with Crippen molar-refractivity contribution in [2.24, 2.45) is 0 Å². The lowest BCUT2D eigenvalue weighted by Gasteiger charge is -2.14. The standard InChI is InChI=1S/C22H29NO4/c1-4-6-7-13-23-22(24)17-11-12-21(26-5-2)18(14-17)16-27-20-10-8-9-19(15-20)25-3/h8-12,14-15H,4-7,13,16H2,1-3H3,(H,23,24). The molecule has 1 N–H and O–H groups in total. The quantitative estimate of drug-likeness (QED) is 0.587. The number of nitrogens with one attached hydrogen (secondary N) is 1. The van der Waals surface area contributed by atoms with Crippen LogP contribution in [0.5, 0.6) is 17.2 Å². The third-order valence-corrected chi connectivity index (χ3v) is 4.12. The van der Waals surface area contributed by atoms with E-state index in [1.807, 2.05) is 43.3 Å². The molecule has 0 fully saturated rings. The molecule has 2 aromatic rings. The first-order valence-corrected chi connectivity index (χ1v) is 9.48. The molecule has 27 heavy (non-hydrogen) atoms. The highest BCUT2D eigenvalue weighted by Gasteiger charge is 2.11. The van der Waals surface area contributed by atoms with E-state index in [1.54, 1.807) is 13.2 Å². The number of carbonyl (C=O) groups is 1. The number of unbranched alkanes of at least 4 members (excludes halogenated alkanes) is 2. The molecule has 0 unspecified atom stereocenters. The number of methoxy groups -OCH3 is 1. The number of benzene rings is 2. The summed E-state index contributed by atoms with van der Waals surface area (Å²) < 4.78 is 16.8. The smallest absolute Gasteiger partial charge is 0.251 e. The summed E-state index contributed by atoms with van der Waals surface area (Å²) >= 11 is 0. The third-order valence-electron chi connectivity index (χ3n) is 4.12. The van der Waals surface area contributed by atoms with Crippen molar-refractivity contribution in [1.82, 2.24) is 5.32 Å². The van der Waals surface area contributed by atoms with E-state index in [9.17, 15) is 4.79 Å². The SMILES string of the molecule is CCCCCNC(=O)c1ccc(OCC)c(COc2cccc(OC)c2)c1. The Morgan fingerprint density at radius 2 is 1.81 bits per heavy atom. The van der Waals surface area contributed by atoms with Crippen molar-refractivity contribution in [3.63, 3.8) is 0 Å². The summed E-state index contributed by atoms with van der Waals surface area (Å²) in [6, 6.07) is 12.9. The highest BCUT2D eigenvalue weighted by molar-refractivity contribution is 5.94. The number of hydrogen-bond donors (Lipinski definition) is 1. The van der Waals surface area contributed by atoms with Gasteiger partial charge in [0.25, 0.3) is 5.91 Å². The second-order valence-electron chi connectivity index (χ2n) is 6.19. The summed E-state index contributed by atoms with van der Waals surface area (Å²) in [5.74, 6) is 2.09. The van der Waals surface area contributed by atoms with Gasteiger partial charge in [-0.05, 0) is 43.7 Å². The molecule has 2 rings (SSSR count). The van der Waals surface area contributed by atoms with Crippen LogP contribution in [0.2, 0.25) is 0 Å². The highest BCUT2D eigenvalue weighted by atomic mass is 16.5. The van der Waals surface area contributed by atoms with E-state index >= 15 is 0 Å². The van der Waals surface area contributed by atoms with E-state index in [-0.39, 0.29) is 5.91 Å². The average Bonchev–Trinajstić information content (AvgIpc) is 2.70. The van der Waals surface area contributed by atoms with E-state index in [2.05, 4.69) is 12.2 Å². The number of amides is 1. The summed E-state index contributed by atoms with van der Waals surface area (Å²) in [5, 5.41) is 2.96. The van der Waals surface area contributed by atoms with Gasteiger partial charge in [0.15, 0.2) is 0 Å². The van der Waals surface area contributed by atoms with Crippen LogP contribution in [0.15, 0.2) is 42.5 Å². The summed E-state index contributed by atoms with van der Waals surface area (Å²) in [6.07, 6.45) is 3.24. The Labute approximate surface area is 161 Å². The van der Waals surface area contributed by atoms with Gasteiger partial charge >= 0.3 is 0 Å². The van der Waals surface area contributed by atoms with Crippen molar-refractivity contribution in [3.05, 3.63) is 53.6 Å². The topological polar surface area (TPSA) is 56.8 Å². The molecular formula is C22H29NO4. The van der Waals surface area contributed by atoms with E-state index in [4.69, 9.17) is 14.2 Å². The maximum absolute atomic E-state index is 12.4. The number of hydrogen-bond acceptors (Lipinski definition) is 4. The number of ether oxygens (including phenoxy) is 3. The molecular weight excluding hydrogens is 342 g/mol. The first-order chi connectivity index (χ1) is 13.2. The van der Waals surface area contributed by atoms with Crippen LogP contribution in [0.1, 0.15) is 49.0 Å². The third kappa shape index (κ3) is 6.51. The predicted octanol–water partition coefficient (Wildman–Crippen LogP) is 4.59. The first kappa shape index (κ1) is 20.6. The van der Waals surface area contributed by atoms with Crippen LogP contribution in [0, 0.1) is 0 Å². The molecule has 0 atom stereocenters. The summed E-state index contributed by atoms with van der Waals surface area (Å²) in [4.78, 5) is 12.4. The lowest BCUT2D eigenvalue weighted by molar-refractivity contribution is 0.0952. The van der Waals surface area contributed by atoms with Gasteiger partial charge in [0.1, 0.15) is 23.9 Å². The van der Waals surface area contributed by atoms with Gasteiger partial charge in [-0.1, -0.05) is 25.8 Å². The zero-order chi connectivity index (χ0) is 19.5. The zero-order valence-electron chi connectivity index (χ0n) is 16.4. The van der Waals surface area contributed by atoms with E-state index in [0.717, 1.165) is 36.3 Å². The molecule has 0 saturated carbocycles. The van der Waals surface area contributed by atoms with Crippen LogP contribution in [0.3, 0.4) is 0 Å². The second-order valence-corrected chi connectivity index (χ2v) is 6.19. The van der Waals surface area contributed by atoms with Gasteiger partial charge in [0, 0.05) is 23.7 Å². The number of rotatable bonds is 11. The molecule has 5 heteroatoms. The van der Waals surface area contributed by atoms with Crippen LogP contribution in [-0.4, -0.2) is 26.2 Å². The average molecular weight is 371 g/mol. The molecule has 1 amide bonds. The Hall–Kier alpha value is -2.69. The summed E-state index contributed by atoms with van der Waals surface area (Å²) in [7, 11) is 1.62. The molecule has 0 aliphatic rings. The summed E-state index contributed by atoms with van der Waals surface area (Å²) in [5.41, 5.74) is 1.44. The monoisotopic (exact) mass is 371 g/mol. The highest BCUT2D eigenvalue weighted by Crippen LogP contribution is 2.24. The summed E-state index contributed by atoms with van der Waals surface area (Å²) in [6.45, 7) is 5.62. The van der Waals surface area contributed by atoms with Gasteiger partial charge in [-0.25, -0.2) is 0 Å². The fourth-order valence-corrected chi connectivity index (χ4v) is 2.66. The fraction of sp³-hybridized carbons (Fsp3) is 0.409. The molecule has 0 aliphatic heterocycles. The van der Waals surface area contributed by atoms with E-state index in [0.29, 0.717) is 31.1 Å². The lowest BCUT2D eigenvalue weighted by atomic mass is 10.1. The van der Waals surface area contributed by atoms with Gasteiger partial charge in [0.05, 0.1) is 13.7 Å². The van der Waals surface area contributed by atoms with E-state index in [1.165, 1.54) is 0 Å². The van der Waals surface area contributed by atoms with Crippen LogP contribution in [-0.2, 0) is 6.61 Å². The number of carbonyl (C=O) groups excluding carboxylic acids is 1. The molecule has 0 saturated heterocycles. The van der Waals surface area contributed by atoms with E-state index < -0.39 is 0 Å². The van der Waals surface area contributed by atoms with Crippen molar-refractivity contribution in [2.45, 2.75) is 39.7 Å². The molecule has 0 heterocycles. The van der Waals surface area contributed by atoms with Crippen molar-refractivity contribution >= 4 is 5.91 Å². The van der Waals surface area contributed by atoms with Gasteiger partial charge in [-0.15, -0.1) is 0 Å². The van der Waals surface area contributed by atoms with Crippen LogP contribution in [0.25, 0.3) is 0 Å². The van der Waals surface area contributed by atoms with Gasteiger partial charge in [0.2, 0.25) is 0 Å². The Morgan fingerprint density at radius 3 is 2.56 bits per heavy atom. The minimum atomic E-state index is -0.0724. The Morgan fingerprint density at radius 1 is 1.00 bits per heavy atom. The first-order valence-electron chi connectivity index (χ1n) is 9.48. The van der Waals surface area contributed by atoms with Gasteiger partial charge in [-0.2, -0.15) is 0 Å². The van der Waals surface area contributed by atoms with Crippen molar-refractivity contribution in [1.29, 1.82) is 0 Å². The molecule has 0 radical (unpaired) electrons. The minimum absolute atomic E-state index is 0.0724. The zero-order valence-corrected chi connectivity index (χ0v) is 16.4. The molecule has 0 bridgehead atoms. The fourth-order valence-electron chi connectivity index (χ4n) is 2.66. The maximum Gasteiger partial charge on any atom is 0.251 e. The van der Waals surface area contributed by atoms with Crippen molar-refractivity contribution in [2.75, 3.05) is 20.3 Å². The molecule has 2 aromatic carbocycles. The second kappa shape index (κ2) is 11.1. The normalized spacial score (nSPS) is 10.3. The van der Waals surface area contributed by atoms with Crippen molar-refractivity contribution in [3.8, 4) is 17.2 Å². The maximum atomic E-state index is 12.4. The molecule has 146 valence electrons. The van der Waals surface area contributed by atoms with Crippen LogP contribution >= 0.6 is 0 Å². The Kier molecular flexibility index (Phi) is 8.49. The van der Waals surface area contributed by atoms with Crippen molar-refractivity contribution < 1.29 is 19.0 Å². The predicted molar refractivity (Wildman–Crippen MR) is 107 cm³/mol. The minimum Gasteiger partial charge on any atom is -0.497 e. The molecule has 0 aromatic heterocycles. The lowest BCUT2D eigenvalue weighted by Crippen LogP contribution is -2.24. The van der Waals surface area contributed by atoms with Gasteiger partial charge < -0.3 is 19.5 Å². The van der Waals surface area contributed by atoms with Crippen LogP contribution in [0.4, 0.5) is 0 Å². The van der Waals surface area contributed by atoms with Crippen LogP contribution < -0.4 is 19.5 Å². The molecule has 0 spiro atoms. The molecule has 5 nitrogen and oxygen atoms in total. The molecule has 0 aliphatic carbocycles. The largest absolute Gasteiger partial charge is 0.497 e. The van der Waals surface area contributed by atoms with Gasteiger partial charge in [-0.3, -0.25) is 4.79 Å². The Balaban J connectivity index is 2.08.